The van der Waals surface area contributed by atoms with E-state index in [9.17, 15) is 0 Å². The number of anilines is 3. The molecule has 5 heterocycles. The molecule has 2 aliphatic rings. The summed E-state index contributed by atoms with van der Waals surface area (Å²) in [6.07, 6.45) is 8.75. The second-order valence-corrected chi connectivity index (χ2v) is 7.88. The van der Waals surface area contributed by atoms with Crippen LogP contribution in [-0.2, 0) is 6.42 Å². The number of H-pyrrole nitrogens is 1. The van der Waals surface area contributed by atoms with Crippen molar-refractivity contribution in [3.8, 4) is 0 Å². The summed E-state index contributed by atoms with van der Waals surface area (Å²) >= 11 is 0. The lowest BCUT2D eigenvalue weighted by molar-refractivity contribution is 0.258. The first-order valence-electron chi connectivity index (χ1n) is 9.53. The lowest BCUT2D eigenvalue weighted by atomic mass is 9.80. The van der Waals surface area contributed by atoms with Gasteiger partial charge in [0.25, 0.3) is 0 Å². The number of aromatic amines is 1. The topological polar surface area (TPSA) is 99.9 Å². The molecule has 5 rings (SSSR count). The van der Waals surface area contributed by atoms with Gasteiger partial charge in [-0.05, 0) is 42.9 Å². The molecular formula is C19H24N8. The van der Waals surface area contributed by atoms with E-state index in [0.717, 1.165) is 73.9 Å². The molecule has 1 saturated heterocycles. The average molecular weight is 364 g/mol. The molecular weight excluding hydrogens is 340 g/mol. The van der Waals surface area contributed by atoms with Gasteiger partial charge in [-0.15, -0.1) is 0 Å². The second kappa shape index (κ2) is 6.16. The summed E-state index contributed by atoms with van der Waals surface area (Å²) in [5, 5.41) is 7.59. The summed E-state index contributed by atoms with van der Waals surface area (Å²) < 4.78 is 0. The van der Waals surface area contributed by atoms with E-state index in [1.165, 1.54) is 5.56 Å². The normalized spacial score (nSPS) is 18.9. The molecule has 140 valence electrons. The van der Waals surface area contributed by atoms with Crippen molar-refractivity contribution in [2.45, 2.75) is 26.2 Å². The molecule has 0 saturated carbocycles. The van der Waals surface area contributed by atoms with Crippen LogP contribution in [0.5, 0.6) is 0 Å². The maximum atomic E-state index is 5.92. The smallest absolute Gasteiger partial charge is 0.183 e. The van der Waals surface area contributed by atoms with Gasteiger partial charge in [0.05, 0.1) is 6.20 Å². The third kappa shape index (κ3) is 2.71. The highest BCUT2D eigenvalue weighted by Gasteiger charge is 2.30. The molecule has 0 atom stereocenters. The number of nitrogens with two attached hydrogens (primary N) is 1. The molecule has 0 bridgehead atoms. The van der Waals surface area contributed by atoms with Crippen LogP contribution in [0.1, 0.15) is 25.3 Å². The summed E-state index contributed by atoms with van der Waals surface area (Å²) in [4.78, 5) is 18.2. The predicted octanol–water partition coefficient (Wildman–Crippen LogP) is 2.01. The van der Waals surface area contributed by atoms with Gasteiger partial charge in [-0.3, -0.25) is 10.1 Å². The van der Waals surface area contributed by atoms with Crippen molar-refractivity contribution in [2.75, 3.05) is 36.0 Å². The predicted molar refractivity (Wildman–Crippen MR) is 105 cm³/mol. The number of rotatable bonds is 3. The maximum Gasteiger partial charge on any atom is 0.183 e. The fourth-order valence-electron chi connectivity index (χ4n) is 4.05. The Labute approximate surface area is 157 Å². The summed E-state index contributed by atoms with van der Waals surface area (Å²) in [6, 6.07) is 2.03. The minimum Gasteiger partial charge on any atom is -0.355 e. The lowest BCUT2D eigenvalue weighted by Crippen LogP contribution is -2.42. The Kier molecular flexibility index (Phi) is 3.75. The van der Waals surface area contributed by atoms with Crippen molar-refractivity contribution >= 4 is 28.5 Å². The average Bonchev–Trinajstić information content (AvgIpc) is 3.32. The van der Waals surface area contributed by atoms with Gasteiger partial charge in [-0.1, -0.05) is 6.92 Å². The monoisotopic (exact) mass is 364 g/mol. The molecule has 0 aromatic carbocycles. The van der Waals surface area contributed by atoms with Gasteiger partial charge in [0.15, 0.2) is 17.0 Å². The molecule has 3 aromatic rings. The zero-order valence-corrected chi connectivity index (χ0v) is 15.5. The first-order chi connectivity index (χ1) is 13.2. The minimum absolute atomic E-state index is 0.243. The Morgan fingerprint density at radius 1 is 1.22 bits per heavy atom. The molecule has 0 aliphatic carbocycles. The quantitative estimate of drug-likeness (QED) is 0.733. The van der Waals surface area contributed by atoms with Crippen LogP contribution in [0.3, 0.4) is 0 Å². The molecule has 2 aliphatic heterocycles. The number of aromatic nitrogens is 5. The van der Waals surface area contributed by atoms with Crippen molar-refractivity contribution in [3.63, 3.8) is 0 Å². The first-order valence-corrected chi connectivity index (χ1v) is 9.53. The fourth-order valence-corrected chi connectivity index (χ4v) is 4.05. The Morgan fingerprint density at radius 2 is 2.07 bits per heavy atom. The van der Waals surface area contributed by atoms with E-state index in [4.69, 9.17) is 15.7 Å². The van der Waals surface area contributed by atoms with Gasteiger partial charge in [0.2, 0.25) is 0 Å². The SMILES string of the molecule is CC1(CN)CCN(c2cnc3c(N4CCc5cnccc54)n[nH]c3n2)CC1. The minimum atomic E-state index is 0.243. The van der Waals surface area contributed by atoms with Crippen molar-refractivity contribution in [3.05, 3.63) is 30.2 Å². The highest BCUT2D eigenvalue weighted by molar-refractivity contribution is 5.88. The molecule has 8 nitrogen and oxygen atoms in total. The van der Waals surface area contributed by atoms with Gasteiger partial charge in [-0.2, -0.15) is 5.10 Å². The fraction of sp³-hybridized carbons (Fsp3) is 0.474. The standard InChI is InChI=1S/C19H24N8/c1-19(12-20)4-8-26(9-5-19)15-11-22-16-17(23-15)24-25-18(16)27-7-3-13-10-21-6-2-14(13)27/h2,6,10-11H,3-5,7-9,12,20H2,1H3,(H,23,24,25). The Balaban J connectivity index is 1.43. The third-order valence-corrected chi connectivity index (χ3v) is 6.06. The number of nitrogens with zero attached hydrogens (tertiary/aromatic N) is 6. The van der Waals surface area contributed by atoms with Gasteiger partial charge >= 0.3 is 0 Å². The Hall–Kier alpha value is -2.74. The van der Waals surface area contributed by atoms with E-state index < -0.39 is 0 Å². The molecule has 0 amide bonds. The summed E-state index contributed by atoms with van der Waals surface area (Å²) in [5.41, 5.74) is 10.1. The van der Waals surface area contributed by atoms with Crippen LogP contribution >= 0.6 is 0 Å². The molecule has 3 N–H and O–H groups in total. The number of fused-ring (bicyclic) bond motifs is 2. The van der Waals surface area contributed by atoms with Gasteiger partial charge in [0.1, 0.15) is 5.82 Å². The van der Waals surface area contributed by atoms with Crippen molar-refractivity contribution in [1.29, 1.82) is 0 Å². The van der Waals surface area contributed by atoms with E-state index in [0.29, 0.717) is 0 Å². The van der Waals surface area contributed by atoms with Crippen LogP contribution < -0.4 is 15.5 Å². The lowest BCUT2D eigenvalue weighted by Gasteiger charge is -2.39. The maximum absolute atomic E-state index is 5.92. The second-order valence-electron chi connectivity index (χ2n) is 7.88. The zero-order valence-electron chi connectivity index (χ0n) is 15.5. The van der Waals surface area contributed by atoms with E-state index >= 15 is 0 Å². The van der Waals surface area contributed by atoms with Gasteiger partial charge < -0.3 is 15.5 Å². The van der Waals surface area contributed by atoms with Crippen molar-refractivity contribution < 1.29 is 0 Å². The number of pyridine rings is 1. The zero-order chi connectivity index (χ0) is 18.4. The summed E-state index contributed by atoms with van der Waals surface area (Å²) in [6.45, 7) is 5.81. The van der Waals surface area contributed by atoms with E-state index in [1.807, 2.05) is 24.7 Å². The number of hydrogen-bond donors (Lipinski definition) is 2. The van der Waals surface area contributed by atoms with Crippen LogP contribution in [0.4, 0.5) is 17.3 Å². The highest BCUT2D eigenvalue weighted by atomic mass is 15.3. The molecule has 0 radical (unpaired) electrons. The van der Waals surface area contributed by atoms with E-state index in [2.05, 4.69) is 31.9 Å². The highest BCUT2D eigenvalue weighted by Crippen LogP contribution is 2.36. The number of piperidine rings is 1. The number of hydrogen-bond acceptors (Lipinski definition) is 7. The molecule has 27 heavy (non-hydrogen) atoms. The molecule has 0 spiro atoms. The van der Waals surface area contributed by atoms with Gasteiger partial charge in [0, 0.05) is 37.7 Å². The van der Waals surface area contributed by atoms with Crippen LogP contribution in [-0.4, -0.2) is 51.3 Å². The third-order valence-electron chi connectivity index (χ3n) is 6.06. The van der Waals surface area contributed by atoms with Crippen molar-refractivity contribution in [1.82, 2.24) is 25.1 Å². The Bertz CT molecular complexity index is 973. The molecule has 8 heteroatoms. The van der Waals surface area contributed by atoms with Crippen LogP contribution in [0.25, 0.3) is 11.2 Å². The van der Waals surface area contributed by atoms with Gasteiger partial charge in [-0.25, -0.2) is 9.97 Å². The van der Waals surface area contributed by atoms with E-state index in [1.54, 1.807) is 0 Å². The van der Waals surface area contributed by atoms with E-state index in [-0.39, 0.29) is 5.41 Å². The first kappa shape index (κ1) is 16.4. The Morgan fingerprint density at radius 3 is 2.89 bits per heavy atom. The molecule has 0 unspecified atom stereocenters. The summed E-state index contributed by atoms with van der Waals surface area (Å²) in [5.74, 6) is 1.74. The number of nitrogens with one attached hydrogen (secondary N) is 1. The molecule has 1 fully saturated rings. The van der Waals surface area contributed by atoms with Crippen LogP contribution in [0, 0.1) is 5.41 Å². The van der Waals surface area contributed by atoms with Crippen LogP contribution in [0.2, 0.25) is 0 Å². The van der Waals surface area contributed by atoms with Crippen molar-refractivity contribution in [2.24, 2.45) is 11.1 Å². The van der Waals surface area contributed by atoms with Crippen LogP contribution in [0.15, 0.2) is 24.7 Å². The largest absolute Gasteiger partial charge is 0.355 e. The summed E-state index contributed by atoms with van der Waals surface area (Å²) in [7, 11) is 0. The molecule has 3 aromatic heterocycles.